The van der Waals surface area contributed by atoms with Gasteiger partial charge >= 0.3 is 31.1 Å². The summed E-state index contributed by atoms with van der Waals surface area (Å²) >= 11 is 0. The van der Waals surface area contributed by atoms with Gasteiger partial charge in [0.2, 0.25) is 0 Å². The summed E-state index contributed by atoms with van der Waals surface area (Å²) in [4.78, 5) is 6.92. The van der Waals surface area contributed by atoms with Crippen molar-refractivity contribution in [3.8, 4) is 0 Å². The van der Waals surface area contributed by atoms with Gasteiger partial charge in [-0.15, -0.1) is 0 Å². The third-order valence-corrected chi connectivity index (χ3v) is 0.408. The van der Waals surface area contributed by atoms with Gasteiger partial charge in [0.1, 0.15) is 0 Å². The number of hydrogen-bond donors (Lipinski definition) is 1. The van der Waals surface area contributed by atoms with E-state index in [1.165, 1.54) is 9.47 Å². The van der Waals surface area contributed by atoms with Crippen molar-refractivity contribution in [2.45, 2.75) is 0 Å². The van der Waals surface area contributed by atoms with Crippen LogP contribution in [0.25, 0.3) is 0 Å². The van der Waals surface area contributed by atoms with E-state index in [4.69, 9.17) is 4.89 Å². The minimum absolute atomic E-state index is 0. The zero-order chi connectivity index (χ0) is 7.91. The topological polar surface area (TPSA) is 29.5 Å². The summed E-state index contributed by atoms with van der Waals surface area (Å²) in [7, 11) is 4.57. The van der Waals surface area contributed by atoms with Crippen LogP contribution in [-0.2, 0) is 4.74 Å². The molecule has 0 amide bonds. The smallest absolute Gasteiger partial charge is 0.560 e. The van der Waals surface area contributed by atoms with Gasteiger partial charge in [-0.1, -0.05) is 6.61 Å². The van der Waals surface area contributed by atoms with Crippen LogP contribution in [0.3, 0.4) is 0 Å². The molecule has 0 aromatic carbocycles. The van der Waals surface area contributed by atoms with Gasteiger partial charge in [0, 0.05) is 62.2 Å². The van der Waals surface area contributed by atoms with Gasteiger partial charge in [0.25, 0.3) is 0 Å². The van der Waals surface area contributed by atoms with E-state index >= 15 is 0 Å². The molecule has 6 heteroatoms. The third kappa shape index (κ3) is 37.5. The summed E-state index contributed by atoms with van der Waals surface area (Å²) < 4.78 is 4.47. The second kappa shape index (κ2) is 20.0. The Hall–Kier alpha value is 3.51. The fourth-order valence-electron chi connectivity index (χ4n) is 0.217. The molecule has 0 saturated carbocycles. The Labute approximate surface area is 150 Å². The standard InChI is InChI=1S/C6H10O.H3OP.3U/c1-6(2,3)5-7-4;1-2;;;/h1-5H2;1H,2H2;;;/q-4;;;;+2. The molecule has 0 saturated heterocycles. The molecular formula is C6H13O2PU3-2. The summed E-state index contributed by atoms with van der Waals surface area (Å²) in [6.45, 7) is 11.1. The van der Waals surface area contributed by atoms with Gasteiger partial charge in [0.15, 0.2) is 0 Å². The van der Waals surface area contributed by atoms with Gasteiger partial charge in [-0.2, -0.15) is 0 Å². The van der Waals surface area contributed by atoms with Gasteiger partial charge in [-0.25, -0.2) is 7.11 Å². The fourth-order valence-corrected chi connectivity index (χ4v) is 0.217. The van der Waals surface area contributed by atoms with Gasteiger partial charge in [0.05, 0.1) is 0 Å². The summed E-state index contributed by atoms with van der Waals surface area (Å²) in [5, 5.41) is 0. The van der Waals surface area contributed by atoms with Crippen LogP contribution in [0.4, 0.5) is 0 Å². The van der Waals surface area contributed by atoms with E-state index < -0.39 is 5.41 Å². The van der Waals surface area contributed by atoms with Crippen molar-refractivity contribution in [1.29, 1.82) is 0 Å². The Morgan fingerprint density at radius 2 is 1.42 bits per heavy atom. The van der Waals surface area contributed by atoms with Crippen LogP contribution >= 0.6 is 9.47 Å². The third-order valence-electron chi connectivity index (χ3n) is 0.408. The second-order valence-electron chi connectivity index (χ2n) is 1.85. The second-order valence-corrected chi connectivity index (χ2v) is 1.85. The Kier molecular flexibility index (Phi) is 49.2. The minimum atomic E-state index is -0.484. The molecule has 0 rings (SSSR count). The molecule has 0 aliphatic heterocycles. The molecule has 2 nitrogen and oxygen atoms in total. The molecule has 1 unspecified atom stereocenters. The summed E-state index contributed by atoms with van der Waals surface area (Å²) in [6.07, 6.45) is 0. The van der Waals surface area contributed by atoms with Crippen LogP contribution in [0.1, 0.15) is 0 Å². The molecule has 0 spiro atoms. The summed E-state index contributed by atoms with van der Waals surface area (Å²) in [6, 6.07) is 0. The zero-order valence-electron chi connectivity index (χ0n) is 6.97. The predicted octanol–water partition coefficient (Wildman–Crippen LogP) is 1.05. The molecule has 68 valence electrons. The van der Waals surface area contributed by atoms with E-state index in [9.17, 15) is 0 Å². The van der Waals surface area contributed by atoms with Crippen LogP contribution < -0.4 is 0 Å². The van der Waals surface area contributed by atoms with Crippen molar-refractivity contribution in [2.24, 2.45) is 5.41 Å². The maximum atomic E-state index is 6.92. The van der Waals surface area contributed by atoms with E-state index in [-0.39, 0.29) is 93.3 Å². The fraction of sp³-hybridized carbons (Fsp3) is 0.333. The molecule has 1 N–H and O–H groups in total. The van der Waals surface area contributed by atoms with Crippen LogP contribution in [0.5, 0.6) is 0 Å². The van der Waals surface area contributed by atoms with Gasteiger partial charge < -0.3 is 35.8 Å². The Bertz CT molecular complexity index is 59.2. The van der Waals surface area contributed by atoms with Crippen LogP contribution in [0.2, 0.25) is 0 Å². The van der Waals surface area contributed by atoms with Crippen LogP contribution in [0.15, 0.2) is 0 Å². The molecule has 0 aliphatic carbocycles. The normalized spacial score (nSPS) is 7.50. The van der Waals surface area contributed by atoms with Crippen molar-refractivity contribution in [2.75, 3.05) is 6.61 Å². The molecular weight excluding hydrogens is 849 g/mol. The average Bonchev–Trinajstić information content (AvgIpc) is 1.69. The molecule has 0 bridgehead atoms. The summed E-state index contributed by atoms with van der Waals surface area (Å²) in [5.41, 5.74) is -0.484. The molecule has 0 aromatic rings. The first-order valence-corrected chi connectivity index (χ1v) is 2.77. The zero-order valence-corrected chi connectivity index (χ0v) is 20.6. The van der Waals surface area contributed by atoms with E-state index in [0.29, 0.717) is 6.61 Å². The van der Waals surface area contributed by atoms with Crippen molar-refractivity contribution in [3.05, 3.63) is 27.9 Å². The van der Waals surface area contributed by atoms with Gasteiger partial charge in [-0.05, 0) is 9.47 Å². The molecule has 0 aromatic heterocycles. The Morgan fingerprint density at radius 1 is 1.17 bits per heavy atom. The number of rotatable bonds is 2. The SMILES string of the molecule is OP.[CH2-]OCC([CH2-])([CH2-])[CH2-].[U+2].[U].[U]. The first-order chi connectivity index (χ1) is 4.06. The number of ether oxygens (including phenoxy) is 1. The van der Waals surface area contributed by atoms with E-state index in [1.54, 1.807) is 0 Å². The molecule has 0 heterocycles. The van der Waals surface area contributed by atoms with E-state index in [0.717, 1.165) is 0 Å². The van der Waals surface area contributed by atoms with Gasteiger partial charge in [-0.3, -0.25) is 0 Å². The molecule has 0 radical (unpaired) electrons. The van der Waals surface area contributed by atoms with Crippen LogP contribution in [0, 0.1) is 127 Å². The van der Waals surface area contributed by atoms with E-state index in [2.05, 4.69) is 32.6 Å². The number of hydrogen-bond acceptors (Lipinski definition) is 2. The quantitative estimate of drug-likeness (QED) is 0.333. The Morgan fingerprint density at radius 3 is 1.42 bits per heavy atom. The predicted molar refractivity (Wildman–Crippen MR) is 41.7 cm³/mol. The Balaban J connectivity index is -0.0000000303. The van der Waals surface area contributed by atoms with Crippen molar-refractivity contribution in [1.82, 2.24) is 0 Å². The first kappa shape index (κ1) is 29.6. The maximum Gasteiger partial charge on any atom is 2.00 e. The molecule has 12 heavy (non-hydrogen) atoms. The first-order valence-electron chi connectivity index (χ1n) is 2.25. The average molecular weight is 862 g/mol. The monoisotopic (exact) mass is 862 g/mol. The van der Waals surface area contributed by atoms with E-state index in [1.807, 2.05) is 0 Å². The van der Waals surface area contributed by atoms with Crippen molar-refractivity contribution in [3.63, 3.8) is 0 Å². The molecule has 0 fully saturated rings. The van der Waals surface area contributed by atoms with Crippen molar-refractivity contribution >= 4 is 9.47 Å². The van der Waals surface area contributed by atoms with Crippen molar-refractivity contribution < 1.29 is 103 Å². The molecule has 0 aliphatic rings. The van der Waals surface area contributed by atoms with Crippen LogP contribution in [-0.4, -0.2) is 11.5 Å². The molecule has 1 atom stereocenters. The summed E-state index contributed by atoms with van der Waals surface area (Å²) in [5.74, 6) is 0. The minimum Gasteiger partial charge on any atom is -0.560 e. The largest absolute Gasteiger partial charge is 2.00 e. The maximum absolute atomic E-state index is 6.92.